The molecule has 0 aliphatic heterocycles. The van der Waals surface area contributed by atoms with Crippen LogP contribution in [0, 0.1) is 13.8 Å². The first-order valence-electron chi connectivity index (χ1n) is 7.33. The molecule has 2 aromatic heterocycles. The van der Waals surface area contributed by atoms with Crippen molar-refractivity contribution in [3.8, 4) is 0 Å². The predicted octanol–water partition coefficient (Wildman–Crippen LogP) is 1.16. The number of aryl methyl sites for hydroxylation is 1. The molecule has 1 aliphatic carbocycles. The predicted molar refractivity (Wildman–Crippen MR) is 78.8 cm³/mol. The van der Waals surface area contributed by atoms with Gasteiger partial charge in [-0.3, -0.25) is 14.2 Å². The molecular formula is C15H18N4O3. The number of amides is 1. The average molecular weight is 302 g/mol. The van der Waals surface area contributed by atoms with Crippen LogP contribution < -0.4 is 10.9 Å². The van der Waals surface area contributed by atoms with Gasteiger partial charge < -0.3 is 9.84 Å². The molecule has 0 saturated heterocycles. The molecule has 0 aromatic carbocycles. The van der Waals surface area contributed by atoms with Gasteiger partial charge in [-0.05, 0) is 26.7 Å². The lowest BCUT2D eigenvalue weighted by molar-refractivity contribution is 0.0943. The molecule has 1 amide bonds. The van der Waals surface area contributed by atoms with Crippen LogP contribution in [0.2, 0.25) is 0 Å². The summed E-state index contributed by atoms with van der Waals surface area (Å²) in [4.78, 5) is 28.1. The number of aromatic nitrogens is 3. The van der Waals surface area contributed by atoms with Crippen LogP contribution in [0.15, 0.2) is 21.7 Å². The number of hydrogen-bond acceptors (Lipinski definition) is 5. The van der Waals surface area contributed by atoms with Gasteiger partial charge in [-0.1, -0.05) is 5.16 Å². The Morgan fingerprint density at radius 2 is 2.23 bits per heavy atom. The molecule has 0 spiro atoms. The molecule has 2 aromatic rings. The van der Waals surface area contributed by atoms with Gasteiger partial charge in [-0.2, -0.15) is 0 Å². The lowest BCUT2D eigenvalue weighted by Crippen LogP contribution is -2.32. The van der Waals surface area contributed by atoms with E-state index in [9.17, 15) is 9.59 Å². The molecule has 0 atom stereocenters. The Morgan fingerprint density at radius 1 is 1.45 bits per heavy atom. The Labute approximate surface area is 127 Å². The zero-order valence-corrected chi connectivity index (χ0v) is 12.6. The first-order chi connectivity index (χ1) is 10.6. The van der Waals surface area contributed by atoms with Crippen LogP contribution >= 0.6 is 0 Å². The van der Waals surface area contributed by atoms with E-state index in [-0.39, 0.29) is 17.2 Å². The van der Waals surface area contributed by atoms with Gasteiger partial charge in [0.05, 0.1) is 6.33 Å². The van der Waals surface area contributed by atoms with Crippen molar-refractivity contribution >= 4 is 5.91 Å². The van der Waals surface area contributed by atoms with E-state index < -0.39 is 0 Å². The molecule has 0 radical (unpaired) electrons. The van der Waals surface area contributed by atoms with E-state index in [2.05, 4.69) is 15.5 Å². The highest BCUT2D eigenvalue weighted by Gasteiger charge is 2.28. The molecule has 3 rings (SSSR count). The minimum Gasteiger partial charge on any atom is -0.360 e. The number of nitrogens with one attached hydrogen (secondary N) is 1. The second-order valence-corrected chi connectivity index (χ2v) is 5.60. The van der Waals surface area contributed by atoms with Gasteiger partial charge in [-0.25, -0.2) is 4.98 Å². The molecule has 116 valence electrons. The summed E-state index contributed by atoms with van der Waals surface area (Å²) in [7, 11) is 0. The highest BCUT2D eigenvalue weighted by Crippen LogP contribution is 2.40. The monoisotopic (exact) mass is 302 g/mol. The van der Waals surface area contributed by atoms with Crippen LogP contribution in [-0.2, 0) is 6.54 Å². The van der Waals surface area contributed by atoms with Crippen LogP contribution in [-0.4, -0.2) is 27.2 Å². The van der Waals surface area contributed by atoms with Crippen LogP contribution in [0.25, 0.3) is 0 Å². The summed E-state index contributed by atoms with van der Waals surface area (Å²) in [6.45, 7) is 4.24. The van der Waals surface area contributed by atoms with Crippen molar-refractivity contribution in [2.75, 3.05) is 6.54 Å². The smallest absolute Gasteiger partial charge is 0.273 e. The standard InChI is InChI=1S/C15H18N4O3/c1-9-10(2)17-8-19(15(9)21)6-5-16-14(20)12-7-13(22-18-12)11-3-4-11/h7-8,11H,3-6H2,1-2H3,(H,16,20). The molecule has 1 aliphatic rings. The maximum atomic E-state index is 12.0. The Kier molecular flexibility index (Phi) is 3.79. The first kappa shape index (κ1) is 14.5. The summed E-state index contributed by atoms with van der Waals surface area (Å²) in [5.74, 6) is 0.912. The van der Waals surface area contributed by atoms with Crippen molar-refractivity contribution in [2.45, 2.75) is 39.2 Å². The third kappa shape index (κ3) is 2.93. The summed E-state index contributed by atoms with van der Waals surface area (Å²) >= 11 is 0. The van der Waals surface area contributed by atoms with Crippen LogP contribution in [0.1, 0.15) is 46.3 Å². The fourth-order valence-electron chi connectivity index (χ4n) is 2.17. The Balaban J connectivity index is 1.57. The topological polar surface area (TPSA) is 90.0 Å². The van der Waals surface area contributed by atoms with E-state index in [0.29, 0.717) is 24.6 Å². The van der Waals surface area contributed by atoms with Crippen molar-refractivity contribution in [1.29, 1.82) is 0 Å². The van der Waals surface area contributed by atoms with Gasteiger partial charge in [0.1, 0.15) is 5.76 Å². The summed E-state index contributed by atoms with van der Waals surface area (Å²) in [5, 5.41) is 6.51. The molecular weight excluding hydrogens is 284 g/mol. The van der Waals surface area contributed by atoms with E-state index >= 15 is 0 Å². The van der Waals surface area contributed by atoms with Gasteiger partial charge in [0.25, 0.3) is 11.5 Å². The highest BCUT2D eigenvalue weighted by atomic mass is 16.5. The number of nitrogens with zero attached hydrogens (tertiary/aromatic N) is 3. The van der Waals surface area contributed by atoms with Gasteiger partial charge in [0, 0.05) is 36.3 Å². The third-order valence-corrected chi connectivity index (χ3v) is 3.89. The largest absolute Gasteiger partial charge is 0.360 e. The summed E-state index contributed by atoms with van der Waals surface area (Å²) in [6.07, 6.45) is 3.69. The number of rotatable bonds is 5. The zero-order chi connectivity index (χ0) is 15.7. The summed E-state index contributed by atoms with van der Waals surface area (Å²) in [6, 6.07) is 1.69. The summed E-state index contributed by atoms with van der Waals surface area (Å²) in [5.41, 5.74) is 1.55. The minimum atomic E-state index is -0.291. The highest BCUT2D eigenvalue weighted by molar-refractivity contribution is 5.92. The van der Waals surface area contributed by atoms with E-state index in [1.165, 1.54) is 10.9 Å². The van der Waals surface area contributed by atoms with Crippen molar-refractivity contribution in [1.82, 2.24) is 20.0 Å². The Bertz CT molecular complexity index is 758. The van der Waals surface area contributed by atoms with Crippen molar-refractivity contribution in [2.24, 2.45) is 0 Å². The molecule has 7 heteroatoms. The molecule has 1 N–H and O–H groups in total. The Hall–Kier alpha value is -2.44. The Morgan fingerprint density at radius 3 is 2.95 bits per heavy atom. The molecule has 2 heterocycles. The van der Waals surface area contributed by atoms with E-state index in [0.717, 1.165) is 24.3 Å². The minimum absolute atomic E-state index is 0.0841. The molecule has 7 nitrogen and oxygen atoms in total. The van der Waals surface area contributed by atoms with Gasteiger partial charge >= 0.3 is 0 Å². The van der Waals surface area contributed by atoms with Gasteiger partial charge in [0.15, 0.2) is 5.69 Å². The van der Waals surface area contributed by atoms with Crippen molar-refractivity contribution < 1.29 is 9.32 Å². The maximum Gasteiger partial charge on any atom is 0.273 e. The second-order valence-electron chi connectivity index (χ2n) is 5.60. The first-order valence-corrected chi connectivity index (χ1v) is 7.33. The number of carbonyl (C=O) groups is 1. The molecule has 1 fully saturated rings. The number of hydrogen-bond donors (Lipinski definition) is 1. The maximum absolute atomic E-state index is 12.0. The van der Waals surface area contributed by atoms with Gasteiger partial charge in [0.2, 0.25) is 0 Å². The van der Waals surface area contributed by atoms with E-state index in [4.69, 9.17) is 4.52 Å². The average Bonchev–Trinajstić information content (AvgIpc) is 3.24. The quantitative estimate of drug-likeness (QED) is 0.895. The van der Waals surface area contributed by atoms with Crippen LogP contribution in [0.5, 0.6) is 0 Å². The summed E-state index contributed by atoms with van der Waals surface area (Å²) < 4.78 is 6.63. The van der Waals surface area contributed by atoms with Crippen LogP contribution in [0.3, 0.4) is 0 Å². The van der Waals surface area contributed by atoms with Crippen LogP contribution in [0.4, 0.5) is 0 Å². The SMILES string of the molecule is Cc1ncn(CCNC(=O)c2cc(C3CC3)on2)c(=O)c1C. The fourth-order valence-corrected chi connectivity index (χ4v) is 2.17. The van der Waals surface area contributed by atoms with E-state index in [1.54, 1.807) is 19.9 Å². The molecule has 1 saturated carbocycles. The van der Waals surface area contributed by atoms with Crippen molar-refractivity contribution in [3.63, 3.8) is 0 Å². The normalized spacial score (nSPS) is 14.1. The van der Waals surface area contributed by atoms with Gasteiger partial charge in [-0.15, -0.1) is 0 Å². The lowest BCUT2D eigenvalue weighted by atomic mass is 10.2. The second kappa shape index (κ2) is 5.75. The third-order valence-electron chi connectivity index (χ3n) is 3.89. The molecule has 22 heavy (non-hydrogen) atoms. The number of carbonyl (C=O) groups excluding carboxylic acids is 1. The van der Waals surface area contributed by atoms with Crippen molar-refractivity contribution in [3.05, 3.63) is 45.5 Å². The zero-order valence-electron chi connectivity index (χ0n) is 12.6. The lowest BCUT2D eigenvalue weighted by Gasteiger charge is -2.08. The van der Waals surface area contributed by atoms with E-state index in [1.807, 2.05) is 0 Å². The fraction of sp³-hybridized carbons (Fsp3) is 0.467. The molecule has 0 unspecified atom stereocenters. The molecule has 0 bridgehead atoms.